The molecule has 0 aliphatic carbocycles. The van der Waals surface area contributed by atoms with Crippen LogP contribution in [-0.4, -0.2) is 15.8 Å². The Labute approximate surface area is 166 Å². The summed E-state index contributed by atoms with van der Waals surface area (Å²) >= 11 is 8.49. The Kier molecular flexibility index (Phi) is 4.61. The van der Waals surface area contributed by atoms with E-state index in [-0.39, 0.29) is 11.6 Å². The minimum absolute atomic E-state index is 0.000196. The van der Waals surface area contributed by atoms with Gasteiger partial charge in [0.25, 0.3) is 11.6 Å². The topological polar surface area (TPSA) is 85.1 Å². The molecule has 1 N–H and O–H groups in total. The van der Waals surface area contributed by atoms with Gasteiger partial charge >= 0.3 is 0 Å². The number of carbonyl (C=O) groups is 1. The number of non-ortho nitro benzene ring substituents is 1. The highest BCUT2D eigenvalue weighted by Crippen LogP contribution is 2.30. The zero-order valence-electron chi connectivity index (χ0n) is 13.5. The van der Waals surface area contributed by atoms with Crippen LogP contribution in [0.3, 0.4) is 0 Å². The molecule has 0 spiro atoms. The Balaban J connectivity index is 1.54. The number of halogens is 1. The molecule has 9 heteroatoms. The average Bonchev–Trinajstić information content (AvgIpc) is 3.28. The van der Waals surface area contributed by atoms with E-state index in [0.29, 0.717) is 20.4 Å². The molecule has 0 unspecified atom stereocenters. The summed E-state index contributed by atoms with van der Waals surface area (Å²) in [6, 6.07) is 13.5. The fourth-order valence-electron chi connectivity index (χ4n) is 2.50. The van der Waals surface area contributed by atoms with Gasteiger partial charge in [0.1, 0.15) is 0 Å². The molecule has 0 fully saturated rings. The summed E-state index contributed by atoms with van der Waals surface area (Å²) in [4.78, 5) is 27.8. The Morgan fingerprint density at radius 1 is 1.15 bits per heavy atom. The Morgan fingerprint density at radius 3 is 2.67 bits per heavy atom. The number of nitro benzene ring substituents is 1. The highest BCUT2D eigenvalue weighted by Gasteiger charge is 2.15. The van der Waals surface area contributed by atoms with E-state index in [4.69, 9.17) is 11.6 Å². The van der Waals surface area contributed by atoms with Crippen molar-refractivity contribution in [3.05, 3.63) is 73.9 Å². The first-order chi connectivity index (χ1) is 13.0. The standard InChI is InChI=1S/C18H10ClN3O3S2/c19-12-3-1-10(2-4-12)14-9-26-18(20-14)21-17(23)16-8-11-7-13(22(24)25)5-6-15(11)27-16/h1-9H,(H,20,21,23). The molecule has 0 atom stereocenters. The molecule has 0 aliphatic heterocycles. The normalized spacial score (nSPS) is 10.9. The number of nitro groups is 1. The van der Waals surface area contributed by atoms with Crippen molar-refractivity contribution in [3.63, 3.8) is 0 Å². The lowest BCUT2D eigenvalue weighted by atomic mass is 10.2. The van der Waals surface area contributed by atoms with Crippen LogP contribution in [0.1, 0.15) is 9.67 Å². The summed E-state index contributed by atoms with van der Waals surface area (Å²) in [7, 11) is 0. The molecule has 0 radical (unpaired) electrons. The van der Waals surface area contributed by atoms with E-state index in [0.717, 1.165) is 16.0 Å². The summed E-state index contributed by atoms with van der Waals surface area (Å²) in [6.45, 7) is 0. The Hall–Kier alpha value is -2.81. The van der Waals surface area contributed by atoms with Gasteiger partial charge in [-0.2, -0.15) is 0 Å². The summed E-state index contributed by atoms with van der Waals surface area (Å²) < 4.78 is 0.812. The van der Waals surface area contributed by atoms with Gasteiger partial charge in [-0.3, -0.25) is 20.2 Å². The van der Waals surface area contributed by atoms with Crippen LogP contribution in [0, 0.1) is 10.1 Å². The SMILES string of the molecule is O=C(Nc1nc(-c2ccc(Cl)cc2)cs1)c1cc2cc([N+](=O)[O-])ccc2s1. The summed E-state index contributed by atoms with van der Waals surface area (Å²) in [5, 5.41) is 17.3. The lowest BCUT2D eigenvalue weighted by Crippen LogP contribution is -2.09. The third kappa shape index (κ3) is 3.68. The fraction of sp³-hybridized carbons (Fsp3) is 0. The molecule has 134 valence electrons. The van der Waals surface area contributed by atoms with Crippen LogP contribution in [0.25, 0.3) is 21.3 Å². The molecule has 0 aliphatic rings. The third-order valence-electron chi connectivity index (χ3n) is 3.80. The molecule has 2 aromatic carbocycles. The van der Waals surface area contributed by atoms with Crippen LogP contribution in [0.5, 0.6) is 0 Å². The smallest absolute Gasteiger partial charge is 0.270 e. The Bertz CT molecular complexity index is 1170. The molecular formula is C18H10ClN3O3S2. The molecule has 0 bridgehead atoms. The molecule has 6 nitrogen and oxygen atoms in total. The number of hydrogen-bond donors (Lipinski definition) is 1. The average molecular weight is 416 g/mol. The zero-order valence-corrected chi connectivity index (χ0v) is 15.9. The number of hydrogen-bond acceptors (Lipinski definition) is 6. The molecular weight excluding hydrogens is 406 g/mol. The maximum atomic E-state index is 12.5. The highest BCUT2D eigenvalue weighted by atomic mass is 35.5. The zero-order chi connectivity index (χ0) is 19.0. The molecule has 27 heavy (non-hydrogen) atoms. The minimum Gasteiger partial charge on any atom is -0.297 e. The van der Waals surface area contributed by atoms with Gasteiger partial charge in [0, 0.05) is 38.2 Å². The van der Waals surface area contributed by atoms with Crippen molar-refractivity contribution >= 4 is 61.1 Å². The van der Waals surface area contributed by atoms with Gasteiger partial charge in [0.2, 0.25) is 0 Å². The maximum absolute atomic E-state index is 12.5. The lowest BCUT2D eigenvalue weighted by Gasteiger charge is -1.98. The van der Waals surface area contributed by atoms with E-state index in [2.05, 4.69) is 10.3 Å². The number of thiophene rings is 1. The van der Waals surface area contributed by atoms with E-state index < -0.39 is 4.92 Å². The number of anilines is 1. The lowest BCUT2D eigenvalue weighted by molar-refractivity contribution is -0.384. The van der Waals surface area contributed by atoms with Crippen molar-refractivity contribution in [2.75, 3.05) is 5.32 Å². The number of nitrogens with zero attached hydrogens (tertiary/aromatic N) is 2. The third-order valence-corrected chi connectivity index (χ3v) is 5.92. The van der Waals surface area contributed by atoms with E-state index in [9.17, 15) is 14.9 Å². The second kappa shape index (κ2) is 7.07. The second-order valence-electron chi connectivity index (χ2n) is 5.59. The van der Waals surface area contributed by atoms with Crippen molar-refractivity contribution in [2.45, 2.75) is 0 Å². The number of carbonyl (C=O) groups excluding carboxylic acids is 1. The first kappa shape index (κ1) is 17.6. The fourth-order valence-corrected chi connectivity index (χ4v) is 4.28. The quantitative estimate of drug-likeness (QED) is 0.335. The van der Waals surface area contributed by atoms with Crippen LogP contribution in [0.15, 0.2) is 53.9 Å². The van der Waals surface area contributed by atoms with Crippen molar-refractivity contribution in [1.29, 1.82) is 0 Å². The van der Waals surface area contributed by atoms with Crippen LogP contribution >= 0.6 is 34.3 Å². The number of thiazole rings is 1. The number of aromatic nitrogens is 1. The van der Waals surface area contributed by atoms with Crippen molar-refractivity contribution < 1.29 is 9.72 Å². The number of benzene rings is 2. The molecule has 0 saturated heterocycles. The number of rotatable bonds is 4. The van der Waals surface area contributed by atoms with Gasteiger partial charge < -0.3 is 0 Å². The van der Waals surface area contributed by atoms with Gasteiger partial charge in [0.15, 0.2) is 5.13 Å². The number of amides is 1. The van der Waals surface area contributed by atoms with Gasteiger partial charge in [0.05, 0.1) is 15.5 Å². The molecule has 2 aromatic heterocycles. The number of fused-ring (bicyclic) bond motifs is 1. The molecule has 2 heterocycles. The van der Waals surface area contributed by atoms with Gasteiger partial charge in [-0.15, -0.1) is 22.7 Å². The van der Waals surface area contributed by atoms with Gasteiger partial charge in [-0.25, -0.2) is 4.98 Å². The van der Waals surface area contributed by atoms with Crippen molar-refractivity contribution in [2.24, 2.45) is 0 Å². The van der Waals surface area contributed by atoms with Crippen LogP contribution in [0.4, 0.5) is 10.8 Å². The van der Waals surface area contributed by atoms with E-state index in [1.165, 1.54) is 34.8 Å². The molecule has 1 amide bonds. The van der Waals surface area contributed by atoms with Crippen molar-refractivity contribution in [3.8, 4) is 11.3 Å². The Morgan fingerprint density at radius 2 is 1.93 bits per heavy atom. The predicted molar refractivity (Wildman–Crippen MR) is 109 cm³/mol. The number of nitrogens with one attached hydrogen (secondary N) is 1. The highest BCUT2D eigenvalue weighted by molar-refractivity contribution is 7.21. The van der Waals surface area contributed by atoms with E-state index in [1.807, 2.05) is 17.5 Å². The monoisotopic (exact) mass is 415 g/mol. The summed E-state index contributed by atoms with van der Waals surface area (Å²) in [6.07, 6.45) is 0. The van der Waals surface area contributed by atoms with Gasteiger partial charge in [-0.05, 0) is 24.3 Å². The predicted octanol–water partition coefficient (Wildman–Crippen LogP) is 5.84. The first-order valence-electron chi connectivity index (χ1n) is 7.70. The maximum Gasteiger partial charge on any atom is 0.270 e. The van der Waals surface area contributed by atoms with E-state index in [1.54, 1.807) is 24.3 Å². The molecule has 0 saturated carbocycles. The van der Waals surface area contributed by atoms with Crippen LogP contribution in [-0.2, 0) is 0 Å². The van der Waals surface area contributed by atoms with Crippen LogP contribution in [0.2, 0.25) is 5.02 Å². The summed E-state index contributed by atoms with van der Waals surface area (Å²) in [5.41, 5.74) is 1.66. The summed E-state index contributed by atoms with van der Waals surface area (Å²) in [5.74, 6) is -0.296. The first-order valence-corrected chi connectivity index (χ1v) is 9.78. The molecule has 4 rings (SSSR count). The van der Waals surface area contributed by atoms with Crippen molar-refractivity contribution in [1.82, 2.24) is 4.98 Å². The minimum atomic E-state index is -0.454. The largest absolute Gasteiger partial charge is 0.297 e. The molecule has 4 aromatic rings. The second-order valence-corrected chi connectivity index (χ2v) is 7.97. The van der Waals surface area contributed by atoms with E-state index >= 15 is 0 Å². The van der Waals surface area contributed by atoms with Crippen LogP contribution < -0.4 is 5.32 Å². The van der Waals surface area contributed by atoms with Gasteiger partial charge in [-0.1, -0.05) is 23.7 Å².